The first-order valence-electron chi connectivity index (χ1n) is 27.2. The van der Waals surface area contributed by atoms with E-state index >= 15 is 52.7 Å². The minimum Gasteiger partial charge on any atom is -0.481 e. The summed E-state index contributed by atoms with van der Waals surface area (Å²) in [6, 6.07) is 11.3. The first kappa shape index (κ1) is 64.2. The number of piperidine rings is 2. The Balaban J connectivity index is 1.43. The average Bonchev–Trinajstić information content (AvgIpc) is 1.55. The third kappa shape index (κ3) is 14.9. The van der Waals surface area contributed by atoms with E-state index in [4.69, 9.17) is 0 Å². The van der Waals surface area contributed by atoms with Crippen molar-refractivity contribution in [3.05, 3.63) is 106 Å². The molecule has 0 radical (unpaired) electrons. The van der Waals surface area contributed by atoms with Gasteiger partial charge in [0.15, 0.2) is 0 Å². The molecule has 4 saturated heterocycles. The van der Waals surface area contributed by atoms with E-state index in [0.29, 0.717) is 36.4 Å². The molecule has 2 atom stereocenters. The molecule has 4 aliphatic heterocycles. The number of piperazine rings is 2. The van der Waals surface area contributed by atoms with Crippen LogP contribution in [0.4, 0.5) is 64.1 Å². The molecule has 0 spiro atoms. The van der Waals surface area contributed by atoms with Crippen LogP contribution in [0.1, 0.15) is 59.1 Å². The van der Waals surface area contributed by atoms with Crippen LogP contribution in [0, 0.1) is 11.8 Å². The second-order valence-corrected chi connectivity index (χ2v) is 22.1. The Morgan fingerprint density at radius 2 is 0.824 bits per heavy atom. The van der Waals surface area contributed by atoms with Crippen LogP contribution in [0.25, 0.3) is 34.4 Å². The molecular formula is C58H60F12N6O8S. The molecule has 27 heteroatoms. The van der Waals surface area contributed by atoms with Gasteiger partial charge < -0.3 is 40.0 Å². The molecule has 2 amide bonds. The van der Waals surface area contributed by atoms with Gasteiger partial charge in [-0.25, -0.2) is 0 Å². The number of anilines is 2. The lowest BCUT2D eigenvalue weighted by atomic mass is 9.88. The SMILES string of the molecule is O=C(O)C1CCCN(c2ccccc2-c2cc(Sc3cc(-c4ccccc4N4CCCC(C(=O)O)C4)c(C=CC(=O)N4CCN(CCO)CC4)c(C(F)(F)F)c3C(F)(F)F)c(C(F)(F)F)c(C(F)(F)F)c2C=CC(=O)N2CCN(CCO)CC2)C1. The van der Waals surface area contributed by atoms with Gasteiger partial charge >= 0.3 is 36.6 Å². The van der Waals surface area contributed by atoms with Crippen LogP contribution < -0.4 is 9.80 Å². The van der Waals surface area contributed by atoms with Crippen LogP contribution in [-0.4, -0.2) is 169 Å². The number of aliphatic hydroxyl groups excluding tert-OH is 2. The highest BCUT2D eigenvalue weighted by Crippen LogP contribution is 2.56. The second kappa shape index (κ2) is 26.4. The van der Waals surface area contributed by atoms with E-state index in [0.717, 1.165) is 0 Å². The number of aliphatic carboxylic acids is 2. The number of aliphatic hydroxyl groups is 2. The summed E-state index contributed by atoms with van der Waals surface area (Å²) >= 11 is -0.682. The lowest BCUT2D eigenvalue weighted by Gasteiger charge is -2.35. The van der Waals surface area contributed by atoms with Gasteiger partial charge in [-0.05, 0) is 84.4 Å². The van der Waals surface area contributed by atoms with E-state index < -0.39 is 126 Å². The van der Waals surface area contributed by atoms with Crippen LogP contribution >= 0.6 is 11.8 Å². The number of β-amino-alcohol motifs (C(OH)–C–C–N with tert-alkyl or cyclic N) is 2. The number of halogens is 12. The normalized spacial score (nSPS) is 19.1. The number of nitrogens with zero attached hydrogens (tertiary/aromatic N) is 6. The van der Waals surface area contributed by atoms with E-state index in [1.54, 1.807) is 9.80 Å². The lowest BCUT2D eigenvalue weighted by molar-refractivity contribution is -0.164. The quantitative estimate of drug-likeness (QED) is 0.0619. The van der Waals surface area contributed by atoms with Crippen LogP contribution in [0.5, 0.6) is 0 Å². The van der Waals surface area contributed by atoms with Crippen LogP contribution in [-0.2, 0) is 43.9 Å². The van der Waals surface area contributed by atoms with Crippen molar-refractivity contribution < 1.29 is 92.3 Å². The first-order chi connectivity index (χ1) is 40.1. The molecule has 0 aliphatic carbocycles. The summed E-state index contributed by atoms with van der Waals surface area (Å²) in [6.45, 7) is 0.371. The highest BCUT2D eigenvalue weighted by atomic mass is 32.2. The molecule has 8 rings (SSSR count). The van der Waals surface area contributed by atoms with Crippen molar-refractivity contribution >= 4 is 59.0 Å². The van der Waals surface area contributed by atoms with Crippen molar-refractivity contribution in [2.24, 2.45) is 11.8 Å². The number of carboxylic acid groups (broad SMARTS) is 2. The molecule has 4 aliphatic rings. The molecule has 2 unspecified atom stereocenters. The highest BCUT2D eigenvalue weighted by molar-refractivity contribution is 7.99. The molecule has 85 heavy (non-hydrogen) atoms. The summed E-state index contributed by atoms with van der Waals surface area (Å²) in [4.78, 5) is 57.6. The zero-order valence-corrected chi connectivity index (χ0v) is 46.2. The number of amides is 2. The van der Waals surface area contributed by atoms with Gasteiger partial charge in [-0.3, -0.25) is 29.0 Å². The summed E-state index contributed by atoms with van der Waals surface area (Å²) in [7, 11) is 0. The van der Waals surface area contributed by atoms with Crippen molar-refractivity contribution in [2.75, 3.05) is 115 Å². The van der Waals surface area contributed by atoms with Crippen molar-refractivity contribution in [3.8, 4) is 22.3 Å². The van der Waals surface area contributed by atoms with E-state index in [1.807, 2.05) is 0 Å². The average molecular weight is 1230 g/mol. The van der Waals surface area contributed by atoms with E-state index in [2.05, 4.69) is 0 Å². The molecular weight excluding hydrogens is 1170 g/mol. The zero-order valence-electron chi connectivity index (χ0n) is 45.4. The predicted molar refractivity (Wildman–Crippen MR) is 291 cm³/mol. The summed E-state index contributed by atoms with van der Waals surface area (Å²) in [5.41, 5.74) is -15.2. The molecule has 460 valence electrons. The monoisotopic (exact) mass is 1230 g/mol. The molecule has 0 saturated carbocycles. The van der Waals surface area contributed by atoms with Crippen molar-refractivity contribution in [2.45, 2.75) is 60.2 Å². The fourth-order valence-corrected chi connectivity index (χ4v) is 12.7. The Kier molecular flexibility index (Phi) is 20.0. The third-order valence-electron chi connectivity index (χ3n) is 15.6. The van der Waals surface area contributed by atoms with Crippen molar-refractivity contribution in [3.63, 3.8) is 0 Å². The van der Waals surface area contributed by atoms with Gasteiger partial charge in [-0.2, -0.15) is 52.7 Å². The molecule has 0 bridgehead atoms. The fourth-order valence-electron chi connectivity index (χ4n) is 11.5. The summed E-state index contributed by atoms with van der Waals surface area (Å²) in [5, 5.41) is 38.8. The predicted octanol–water partition coefficient (Wildman–Crippen LogP) is 10.1. The number of hydrogen-bond acceptors (Lipinski definition) is 11. The lowest BCUT2D eigenvalue weighted by Crippen LogP contribution is -2.48. The molecule has 14 nitrogen and oxygen atoms in total. The Labute approximate surface area is 484 Å². The van der Waals surface area contributed by atoms with Crippen molar-refractivity contribution in [1.29, 1.82) is 0 Å². The van der Waals surface area contributed by atoms with E-state index in [-0.39, 0.29) is 153 Å². The molecule has 0 aromatic heterocycles. The molecule has 4 aromatic carbocycles. The zero-order chi connectivity index (χ0) is 61.8. The Bertz CT molecular complexity index is 2970. The van der Waals surface area contributed by atoms with Gasteiger partial charge in [-0.15, -0.1) is 0 Å². The summed E-state index contributed by atoms with van der Waals surface area (Å²) in [5.74, 6) is -6.47. The Morgan fingerprint density at radius 3 is 1.14 bits per heavy atom. The Morgan fingerprint density at radius 1 is 0.482 bits per heavy atom. The topological polar surface area (TPSA) is 169 Å². The van der Waals surface area contributed by atoms with E-state index in [1.165, 1.54) is 68.1 Å². The van der Waals surface area contributed by atoms with Crippen LogP contribution in [0.3, 0.4) is 0 Å². The third-order valence-corrected chi connectivity index (χ3v) is 16.7. The van der Waals surface area contributed by atoms with Gasteiger partial charge in [-0.1, -0.05) is 48.2 Å². The smallest absolute Gasteiger partial charge is 0.418 e. The molecule has 4 N–H and O–H groups in total. The minimum absolute atomic E-state index is 0.0167. The number of alkyl halides is 12. The number of rotatable bonds is 16. The minimum atomic E-state index is -6.16. The largest absolute Gasteiger partial charge is 0.481 e. The number of para-hydroxylation sites is 2. The molecule has 4 heterocycles. The maximum absolute atomic E-state index is 16.1. The second-order valence-electron chi connectivity index (χ2n) is 21.0. The van der Waals surface area contributed by atoms with Gasteiger partial charge in [0, 0.05) is 136 Å². The highest BCUT2D eigenvalue weighted by Gasteiger charge is 2.51. The van der Waals surface area contributed by atoms with Crippen LogP contribution in [0.15, 0.2) is 82.6 Å². The molecule has 4 fully saturated rings. The van der Waals surface area contributed by atoms with Crippen LogP contribution in [0.2, 0.25) is 0 Å². The summed E-state index contributed by atoms with van der Waals surface area (Å²) in [6.07, 6.45) is -21.6. The summed E-state index contributed by atoms with van der Waals surface area (Å²) < 4.78 is 193. The van der Waals surface area contributed by atoms with E-state index in [9.17, 15) is 39.6 Å². The van der Waals surface area contributed by atoms with Gasteiger partial charge in [0.2, 0.25) is 11.8 Å². The maximum Gasteiger partial charge on any atom is 0.418 e. The van der Waals surface area contributed by atoms with Gasteiger partial charge in [0.1, 0.15) is 0 Å². The maximum atomic E-state index is 16.1. The number of carbonyl (C=O) groups excluding carboxylic acids is 2. The Hall–Kier alpha value is -6.81. The molecule has 4 aromatic rings. The standard InChI is InChI=1S/C58H60F12N6O8S/c59-55(60,61)49-39(13-15-47(79)73-23-19-71(20-24-73)27-29-77)41(37-9-1-3-11-43(37)75-17-5-7-35(33-75)53(81)82)31-45(51(49)57(65,66)67)85-46-32-42(38-10-2-4-12-44(38)76-18-6-8-36(34-76)54(83)84)40(50(56(62,63)64)52(46)58(68,69)70)14-16-48(80)74-25-21-72(22-26-74)28-30-78/h1-4,9-16,31-32,35-36,77-78H,5-8,17-30,33-34H2,(H,81,82)(H,83,84). The number of carboxylic acids is 2. The number of carbonyl (C=O) groups is 4. The van der Waals surface area contributed by atoms with Gasteiger partial charge in [0.25, 0.3) is 0 Å². The van der Waals surface area contributed by atoms with Crippen molar-refractivity contribution in [1.82, 2.24) is 19.6 Å². The number of hydrogen-bond donors (Lipinski definition) is 4. The van der Waals surface area contributed by atoms with Gasteiger partial charge in [0.05, 0.1) is 47.3 Å². The number of benzene rings is 4. The fraction of sp³-hybridized carbons (Fsp3) is 0.448. The first-order valence-corrected chi connectivity index (χ1v) is 28.1.